The summed E-state index contributed by atoms with van der Waals surface area (Å²) in [6.07, 6.45) is 3.10. The zero-order valence-electron chi connectivity index (χ0n) is 15.2. The summed E-state index contributed by atoms with van der Waals surface area (Å²) in [6, 6.07) is 10.4. The quantitative estimate of drug-likeness (QED) is 0.570. The van der Waals surface area contributed by atoms with Gasteiger partial charge in [-0.15, -0.1) is 0 Å². The van der Waals surface area contributed by atoms with Gasteiger partial charge in [0.1, 0.15) is 23.9 Å². The Morgan fingerprint density at radius 1 is 1.24 bits per heavy atom. The molecule has 9 nitrogen and oxygen atoms in total. The molecule has 0 aliphatic rings. The predicted octanol–water partition coefficient (Wildman–Crippen LogP) is 2.39. The van der Waals surface area contributed by atoms with Crippen LogP contribution in [0.1, 0.15) is 5.56 Å². The monoisotopic (exact) mass is 394 g/mol. The number of anilines is 1. The molecule has 1 N–H and O–H groups in total. The van der Waals surface area contributed by atoms with Crippen LogP contribution in [-0.2, 0) is 11.3 Å². The first-order valence-electron chi connectivity index (χ1n) is 8.56. The molecular formula is C19H15FN6O3. The van der Waals surface area contributed by atoms with E-state index in [9.17, 15) is 14.0 Å². The van der Waals surface area contributed by atoms with Crippen molar-refractivity contribution in [3.63, 3.8) is 0 Å². The second-order valence-electron chi connectivity index (χ2n) is 6.15. The minimum Gasteiger partial charge on any atom is -0.444 e. The number of carbonyl (C=O) groups excluding carboxylic acids is 1. The summed E-state index contributed by atoms with van der Waals surface area (Å²) in [5.74, 6) is -0.470. The number of nitrogens with one attached hydrogen (secondary N) is 1. The summed E-state index contributed by atoms with van der Waals surface area (Å²) in [5, 5.41) is 3.96. The van der Waals surface area contributed by atoms with E-state index in [-0.39, 0.29) is 29.3 Å². The van der Waals surface area contributed by atoms with Gasteiger partial charge in [-0.1, -0.05) is 30.3 Å². The lowest BCUT2D eigenvalue weighted by Crippen LogP contribution is -2.27. The van der Waals surface area contributed by atoms with Crippen LogP contribution in [0.15, 0.2) is 59.8 Å². The number of ether oxygens (including phenoxy) is 1. The molecule has 0 radical (unpaired) electrons. The number of rotatable bonds is 4. The number of fused-ring (bicyclic) bond motifs is 1. The first-order valence-corrected chi connectivity index (χ1v) is 8.56. The number of pyridine rings is 1. The fourth-order valence-corrected chi connectivity index (χ4v) is 2.70. The number of halogens is 1. The fourth-order valence-electron chi connectivity index (χ4n) is 2.70. The van der Waals surface area contributed by atoms with Gasteiger partial charge in [-0.25, -0.2) is 19.0 Å². The molecule has 29 heavy (non-hydrogen) atoms. The standard InChI is InChI=1S/C19H15FN6O3/c1-25(19(28)29-11-12-5-3-2-4-6-12)15-10-22-26-17(15)23-16(24-18(26)27)13-7-14(20)9-21-8-13/h2-10H,11H2,1H3,(H,23,24,27). The average Bonchev–Trinajstić information content (AvgIpc) is 3.17. The van der Waals surface area contributed by atoms with Gasteiger partial charge in [-0.05, 0) is 11.6 Å². The maximum absolute atomic E-state index is 13.5. The Bertz CT molecular complexity index is 1240. The maximum atomic E-state index is 13.5. The maximum Gasteiger partial charge on any atom is 0.414 e. The Kier molecular flexibility index (Phi) is 4.73. The third-order valence-electron chi connectivity index (χ3n) is 4.18. The lowest BCUT2D eigenvalue weighted by molar-refractivity contribution is 0.148. The van der Waals surface area contributed by atoms with E-state index in [0.29, 0.717) is 0 Å². The van der Waals surface area contributed by atoms with E-state index in [1.165, 1.54) is 30.4 Å². The highest BCUT2D eigenvalue weighted by atomic mass is 19.1. The summed E-state index contributed by atoms with van der Waals surface area (Å²) in [7, 11) is 1.48. The first kappa shape index (κ1) is 18.3. The van der Waals surface area contributed by atoms with E-state index in [1.807, 2.05) is 30.3 Å². The molecule has 0 aliphatic carbocycles. The van der Waals surface area contributed by atoms with Gasteiger partial charge in [0, 0.05) is 18.8 Å². The first-order chi connectivity index (χ1) is 14.0. The van der Waals surface area contributed by atoms with E-state index in [4.69, 9.17) is 4.74 Å². The molecular weight excluding hydrogens is 379 g/mol. The van der Waals surface area contributed by atoms with Crippen LogP contribution in [0, 0.1) is 5.82 Å². The average molecular weight is 394 g/mol. The van der Waals surface area contributed by atoms with Gasteiger partial charge in [0.25, 0.3) is 0 Å². The van der Waals surface area contributed by atoms with Crippen LogP contribution in [0.5, 0.6) is 0 Å². The van der Waals surface area contributed by atoms with Crippen LogP contribution in [-0.4, -0.2) is 37.7 Å². The smallest absolute Gasteiger partial charge is 0.414 e. The van der Waals surface area contributed by atoms with Crippen LogP contribution in [0.3, 0.4) is 0 Å². The Morgan fingerprint density at radius 2 is 2.03 bits per heavy atom. The van der Waals surface area contributed by atoms with Crippen LogP contribution in [0.2, 0.25) is 0 Å². The minimum absolute atomic E-state index is 0.0947. The molecule has 3 aromatic heterocycles. The molecule has 0 unspecified atom stereocenters. The number of H-pyrrole nitrogens is 1. The van der Waals surface area contributed by atoms with E-state index in [1.54, 1.807) is 0 Å². The Morgan fingerprint density at radius 3 is 2.79 bits per heavy atom. The number of aromatic nitrogens is 5. The van der Waals surface area contributed by atoms with Gasteiger partial charge in [0.15, 0.2) is 5.65 Å². The van der Waals surface area contributed by atoms with Crippen molar-refractivity contribution in [3.8, 4) is 11.4 Å². The summed E-state index contributed by atoms with van der Waals surface area (Å²) >= 11 is 0. The number of hydrogen-bond donors (Lipinski definition) is 1. The van der Waals surface area contributed by atoms with Crippen molar-refractivity contribution in [2.24, 2.45) is 0 Å². The largest absolute Gasteiger partial charge is 0.444 e. The predicted molar refractivity (Wildman–Crippen MR) is 102 cm³/mol. The van der Waals surface area contributed by atoms with Crippen molar-refractivity contribution >= 4 is 17.4 Å². The molecule has 0 saturated heterocycles. The lowest BCUT2D eigenvalue weighted by Gasteiger charge is -2.15. The highest BCUT2D eigenvalue weighted by Gasteiger charge is 2.20. The van der Waals surface area contributed by atoms with Gasteiger partial charge < -0.3 is 4.74 Å². The molecule has 1 aromatic carbocycles. The highest BCUT2D eigenvalue weighted by Crippen LogP contribution is 2.21. The van der Waals surface area contributed by atoms with Crippen LogP contribution < -0.4 is 10.6 Å². The zero-order chi connectivity index (χ0) is 20.4. The SMILES string of the molecule is CN(C(=O)OCc1ccccc1)c1cnn2c(=O)[nH]c(-c3cncc(F)c3)nc12. The van der Waals surface area contributed by atoms with Crippen molar-refractivity contribution in [1.29, 1.82) is 0 Å². The molecule has 0 saturated carbocycles. The lowest BCUT2D eigenvalue weighted by atomic mass is 10.2. The molecule has 0 spiro atoms. The van der Waals surface area contributed by atoms with Gasteiger partial charge >= 0.3 is 11.8 Å². The number of benzene rings is 1. The Balaban J connectivity index is 1.65. The number of aromatic amines is 1. The minimum atomic E-state index is -0.639. The van der Waals surface area contributed by atoms with E-state index in [0.717, 1.165) is 16.3 Å². The summed E-state index contributed by atoms with van der Waals surface area (Å²) in [6.45, 7) is 0.0947. The fraction of sp³-hybridized carbons (Fsp3) is 0.105. The van der Waals surface area contributed by atoms with Crippen molar-refractivity contribution in [2.75, 3.05) is 11.9 Å². The molecule has 3 heterocycles. The van der Waals surface area contributed by atoms with Crippen molar-refractivity contribution in [1.82, 2.24) is 24.6 Å². The number of hydrogen-bond acceptors (Lipinski definition) is 6. The number of carbonyl (C=O) groups is 1. The van der Waals surface area contributed by atoms with Crippen LogP contribution in [0.4, 0.5) is 14.9 Å². The molecule has 0 fully saturated rings. The van der Waals surface area contributed by atoms with E-state index >= 15 is 0 Å². The van der Waals surface area contributed by atoms with Crippen LogP contribution >= 0.6 is 0 Å². The molecule has 10 heteroatoms. The third-order valence-corrected chi connectivity index (χ3v) is 4.18. The topological polar surface area (TPSA) is 105 Å². The number of nitrogens with zero attached hydrogens (tertiary/aromatic N) is 5. The Labute approximate surface area is 163 Å². The molecule has 146 valence electrons. The van der Waals surface area contributed by atoms with Crippen LogP contribution in [0.25, 0.3) is 17.0 Å². The molecule has 0 bridgehead atoms. The van der Waals surface area contributed by atoms with Gasteiger partial charge in [-0.3, -0.25) is 14.9 Å². The molecule has 0 atom stereocenters. The van der Waals surface area contributed by atoms with E-state index < -0.39 is 17.6 Å². The van der Waals surface area contributed by atoms with Crippen molar-refractivity contribution in [2.45, 2.75) is 6.61 Å². The van der Waals surface area contributed by atoms with E-state index in [2.05, 4.69) is 20.1 Å². The van der Waals surface area contributed by atoms with Gasteiger partial charge in [0.05, 0.1) is 12.4 Å². The second kappa shape index (κ2) is 7.50. The molecule has 4 rings (SSSR count). The molecule has 1 amide bonds. The second-order valence-corrected chi connectivity index (χ2v) is 6.15. The van der Waals surface area contributed by atoms with Crippen molar-refractivity contribution < 1.29 is 13.9 Å². The summed E-state index contributed by atoms with van der Waals surface area (Å²) in [5.41, 5.74) is 0.911. The van der Waals surface area contributed by atoms with Gasteiger partial charge in [0.2, 0.25) is 0 Å². The van der Waals surface area contributed by atoms with Crippen molar-refractivity contribution in [3.05, 3.63) is 76.9 Å². The number of amides is 1. The normalized spacial score (nSPS) is 10.8. The summed E-state index contributed by atoms with van der Waals surface area (Å²) in [4.78, 5) is 36.6. The molecule has 0 aliphatic heterocycles. The molecule has 4 aromatic rings. The zero-order valence-corrected chi connectivity index (χ0v) is 15.2. The highest BCUT2D eigenvalue weighted by molar-refractivity contribution is 5.91. The van der Waals surface area contributed by atoms with Gasteiger partial charge in [-0.2, -0.15) is 9.61 Å². The Hall–Kier alpha value is -4.08. The third kappa shape index (κ3) is 3.68. The summed E-state index contributed by atoms with van der Waals surface area (Å²) < 4.78 is 19.8.